The Kier molecular flexibility index (Phi) is 3.19. The fourth-order valence-corrected chi connectivity index (χ4v) is 1.65. The first kappa shape index (κ1) is 11.1. The second-order valence-corrected chi connectivity index (χ2v) is 4.05. The van der Waals surface area contributed by atoms with E-state index in [4.69, 9.17) is 21.1 Å². The van der Waals surface area contributed by atoms with Gasteiger partial charge in [0.05, 0.1) is 0 Å². The van der Waals surface area contributed by atoms with Crippen molar-refractivity contribution in [1.82, 2.24) is 5.01 Å². The van der Waals surface area contributed by atoms with E-state index >= 15 is 0 Å². The van der Waals surface area contributed by atoms with Gasteiger partial charge in [0.1, 0.15) is 0 Å². The molecule has 86 valence electrons. The molecule has 0 atom stereocenters. The van der Waals surface area contributed by atoms with Gasteiger partial charge in [-0.25, -0.2) is 0 Å². The van der Waals surface area contributed by atoms with Crippen LogP contribution in [-0.2, 0) is 6.42 Å². The predicted molar refractivity (Wildman–Crippen MR) is 63.5 cm³/mol. The van der Waals surface area contributed by atoms with Gasteiger partial charge in [0.2, 0.25) is 6.79 Å². The molecule has 0 amide bonds. The molecule has 1 aliphatic heterocycles. The van der Waals surface area contributed by atoms with Crippen LogP contribution in [0.1, 0.15) is 5.56 Å². The Morgan fingerprint density at radius 1 is 1.38 bits per heavy atom. The minimum absolute atomic E-state index is 0.265. The van der Waals surface area contributed by atoms with Crippen molar-refractivity contribution in [2.24, 2.45) is 5.10 Å². The average Bonchev–Trinajstić information content (AvgIpc) is 2.64. The lowest BCUT2D eigenvalue weighted by Crippen LogP contribution is -2.02. The van der Waals surface area contributed by atoms with E-state index in [1.807, 2.05) is 26.4 Å². The number of hydrazone groups is 1. The Hall–Kier alpha value is -1.42. The predicted octanol–water partition coefficient (Wildman–Crippen LogP) is 2.16. The molecule has 0 fully saturated rings. The second-order valence-electron chi connectivity index (χ2n) is 3.65. The third kappa shape index (κ3) is 2.39. The normalized spacial score (nSPS) is 13.4. The molecule has 0 spiro atoms. The van der Waals surface area contributed by atoms with E-state index in [1.54, 1.807) is 11.1 Å². The molecule has 0 N–H and O–H groups in total. The highest BCUT2D eigenvalue weighted by Gasteiger charge is 2.15. The zero-order valence-corrected chi connectivity index (χ0v) is 9.99. The maximum atomic E-state index is 6.11. The number of benzene rings is 1. The van der Waals surface area contributed by atoms with E-state index in [2.05, 4.69) is 5.10 Å². The number of hydrogen-bond donors (Lipinski definition) is 0. The molecular formula is C11H13ClN2O2. The van der Waals surface area contributed by atoms with Gasteiger partial charge in [-0.1, -0.05) is 11.6 Å². The summed E-state index contributed by atoms with van der Waals surface area (Å²) in [4.78, 5) is 0. The lowest BCUT2D eigenvalue weighted by molar-refractivity contribution is 0.174. The molecule has 0 saturated carbocycles. The number of rotatable bonds is 3. The molecule has 4 nitrogen and oxygen atoms in total. The number of nitrogens with zero attached hydrogens (tertiary/aromatic N) is 2. The van der Waals surface area contributed by atoms with Crippen LogP contribution in [0.3, 0.4) is 0 Å². The minimum atomic E-state index is 0.265. The van der Waals surface area contributed by atoms with Crippen LogP contribution in [0.4, 0.5) is 0 Å². The van der Waals surface area contributed by atoms with Crippen LogP contribution < -0.4 is 9.47 Å². The van der Waals surface area contributed by atoms with Crippen LogP contribution in [0.15, 0.2) is 17.2 Å². The summed E-state index contributed by atoms with van der Waals surface area (Å²) in [7, 11) is 3.75. The third-order valence-corrected chi connectivity index (χ3v) is 2.52. The van der Waals surface area contributed by atoms with Gasteiger partial charge in [-0.2, -0.15) is 5.10 Å². The Morgan fingerprint density at radius 2 is 2.06 bits per heavy atom. The van der Waals surface area contributed by atoms with Crippen LogP contribution in [-0.4, -0.2) is 32.1 Å². The van der Waals surface area contributed by atoms with Crippen molar-refractivity contribution in [3.05, 3.63) is 22.7 Å². The quantitative estimate of drug-likeness (QED) is 0.600. The molecule has 0 aromatic heterocycles. The van der Waals surface area contributed by atoms with E-state index in [0.717, 1.165) is 11.3 Å². The zero-order chi connectivity index (χ0) is 11.5. The summed E-state index contributed by atoms with van der Waals surface area (Å²) in [5, 5.41) is 6.54. The van der Waals surface area contributed by atoms with Crippen molar-refractivity contribution in [2.45, 2.75) is 6.42 Å². The van der Waals surface area contributed by atoms with E-state index in [0.29, 0.717) is 17.2 Å². The van der Waals surface area contributed by atoms with Crippen molar-refractivity contribution in [3.63, 3.8) is 0 Å². The van der Waals surface area contributed by atoms with Crippen molar-refractivity contribution in [1.29, 1.82) is 0 Å². The van der Waals surface area contributed by atoms with Crippen LogP contribution in [0.25, 0.3) is 0 Å². The highest BCUT2D eigenvalue weighted by atomic mass is 35.5. The molecule has 2 rings (SSSR count). The summed E-state index contributed by atoms with van der Waals surface area (Å²) in [6.07, 6.45) is 2.48. The molecule has 0 unspecified atom stereocenters. The summed E-state index contributed by atoms with van der Waals surface area (Å²) in [6.45, 7) is 0.265. The van der Waals surface area contributed by atoms with Crippen LogP contribution >= 0.6 is 11.6 Å². The highest BCUT2D eigenvalue weighted by molar-refractivity contribution is 6.31. The van der Waals surface area contributed by atoms with Crippen LogP contribution in [0, 0.1) is 0 Å². The molecule has 0 aliphatic carbocycles. The molecule has 1 heterocycles. The smallest absolute Gasteiger partial charge is 0.231 e. The molecule has 0 radical (unpaired) electrons. The monoisotopic (exact) mass is 240 g/mol. The first-order valence-electron chi connectivity index (χ1n) is 4.94. The van der Waals surface area contributed by atoms with E-state index in [9.17, 15) is 0 Å². The standard InChI is InChI=1S/C11H13ClN2O2/c1-14(2)13-4-3-8-5-10-11(6-9(8)12)16-7-15-10/h4-6H,3,7H2,1-2H3. The summed E-state index contributed by atoms with van der Waals surface area (Å²) >= 11 is 6.11. The SMILES string of the molecule is CN(C)N=CCc1cc2c(cc1Cl)OCO2. The van der Waals surface area contributed by atoms with E-state index in [-0.39, 0.29) is 6.79 Å². The number of ether oxygens (including phenoxy) is 2. The Balaban J connectivity index is 2.15. The summed E-state index contributed by atoms with van der Waals surface area (Å²) in [6, 6.07) is 3.68. The van der Waals surface area contributed by atoms with Crippen molar-refractivity contribution in [2.75, 3.05) is 20.9 Å². The summed E-state index contributed by atoms with van der Waals surface area (Å²) in [5.41, 5.74) is 0.983. The van der Waals surface area contributed by atoms with Gasteiger partial charge in [-0.15, -0.1) is 0 Å². The largest absolute Gasteiger partial charge is 0.454 e. The van der Waals surface area contributed by atoms with Crippen LogP contribution in [0.2, 0.25) is 5.02 Å². The van der Waals surface area contributed by atoms with Gasteiger partial charge in [0.15, 0.2) is 11.5 Å². The molecule has 1 aliphatic rings. The van der Waals surface area contributed by atoms with Crippen LogP contribution in [0.5, 0.6) is 11.5 Å². The maximum Gasteiger partial charge on any atom is 0.231 e. The second kappa shape index (κ2) is 4.61. The molecule has 5 heteroatoms. The number of fused-ring (bicyclic) bond motifs is 1. The van der Waals surface area contributed by atoms with E-state index < -0.39 is 0 Å². The third-order valence-electron chi connectivity index (χ3n) is 2.17. The molecular weight excluding hydrogens is 228 g/mol. The molecule has 1 aromatic carbocycles. The van der Waals surface area contributed by atoms with Gasteiger partial charge < -0.3 is 14.5 Å². The lowest BCUT2D eigenvalue weighted by Gasteiger charge is -2.05. The van der Waals surface area contributed by atoms with Gasteiger partial charge in [-0.05, 0) is 11.6 Å². The molecule has 0 saturated heterocycles. The van der Waals surface area contributed by atoms with E-state index in [1.165, 1.54) is 0 Å². The van der Waals surface area contributed by atoms with Gasteiger partial charge >= 0.3 is 0 Å². The van der Waals surface area contributed by atoms with Gasteiger partial charge in [-0.3, -0.25) is 0 Å². The first-order valence-corrected chi connectivity index (χ1v) is 5.32. The molecule has 0 bridgehead atoms. The summed E-state index contributed by atoms with van der Waals surface area (Å²) in [5.74, 6) is 1.45. The molecule has 16 heavy (non-hydrogen) atoms. The maximum absolute atomic E-state index is 6.11. The average molecular weight is 241 g/mol. The fourth-order valence-electron chi connectivity index (χ4n) is 1.42. The number of halogens is 1. The van der Waals surface area contributed by atoms with Crippen molar-refractivity contribution in [3.8, 4) is 11.5 Å². The minimum Gasteiger partial charge on any atom is -0.454 e. The lowest BCUT2D eigenvalue weighted by atomic mass is 10.1. The Labute approximate surface area is 99.4 Å². The van der Waals surface area contributed by atoms with Crippen molar-refractivity contribution < 1.29 is 9.47 Å². The Morgan fingerprint density at radius 3 is 2.75 bits per heavy atom. The van der Waals surface area contributed by atoms with Gasteiger partial charge in [0.25, 0.3) is 0 Å². The topological polar surface area (TPSA) is 34.1 Å². The Bertz CT molecular complexity index is 419. The zero-order valence-electron chi connectivity index (χ0n) is 9.24. The first-order chi connectivity index (χ1) is 7.66. The molecule has 1 aromatic rings. The highest BCUT2D eigenvalue weighted by Crippen LogP contribution is 2.36. The fraction of sp³-hybridized carbons (Fsp3) is 0.364. The summed E-state index contributed by atoms with van der Waals surface area (Å²) < 4.78 is 10.5. The van der Waals surface area contributed by atoms with Crippen molar-refractivity contribution >= 4 is 17.8 Å². The number of hydrogen-bond acceptors (Lipinski definition) is 4. The van der Waals surface area contributed by atoms with Gasteiger partial charge in [0, 0.05) is 37.8 Å².